The molecule has 1 aliphatic carbocycles. The van der Waals surface area contributed by atoms with Gasteiger partial charge >= 0.3 is 0 Å². The van der Waals surface area contributed by atoms with E-state index in [1.165, 1.54) is 0 Å². The molecule has 4 N–H and O–H groups in total. The Hall–Kier alpha value is -2.19. The van der Waals surface area contributed by atoms with Crippen LogP contribution in [0.15, 0.2) is 12.3 Å². The Morgan fingerprint density at radius 1 is 1.18 bits per heavy atom. The molecule has 0 spiro atoms. The van der Waals surface area contributed by atoms with Crippen LogP contribution in [0.25, 0.3) is 5.65 Å². The van der Waals surface area contributed by atoms with Crippen molar-refractivity contribution in [1.29, 1.82) is 0 Å². The van der Waals surface area contributed by atoms with Crippen LogP contribution in [0.1, 0.15) is 116 Å². The van der Waals surface area contributed by atoms with Crippen LogP contribution in [0.5, 0.6) is 0 Å². The summed E-state index contributed by atoms with van der Waals surface area (Å²) in [7, 11) is 0. The summed E-state index contributed by atoms with van der Waals surface area (Å²) < 4.78 is 1.90. The van der Waals surface area contributed by atoms with Crippen LogP contribution in [0.3, 0.4) is 0 Å². The highest BCUT2D eigenvalue weighted by Gasteiger charge is 2.66. The van der Waals surface area contributed by atoms with E-state index in [0.717, 1.165) is 113 Å². The fourth-order valence-corrected chi connectivity index (χ4v) is 8.12. The van der Waals surface area contributed by atoms with E-state index in [9.17, 15) is 4.79 Å². The highest BCUT2D eigenvalue weighted by molar-refractivity contribution is 5.80. The van der Waals surface area contributed by atoms with Crippen LogP contribution in [0.4, 0.5) is 5.82 Å². The molecule has 3 aliphatic rings. The average Bonchev–Trinajstić information content (AvgIpc) is 3.22. The third-order valence-electron chi connectivity index (χ3n) is 10.8. The Balaban J connectivity index is 1.43. The lowest BCUT2D eigenvalue weighted by molar-refractivity contribution is -0.141. The molecule has 0 aromatic carbocycles. The first kappa shape index (κ1) is 29.3. The molecule has 6 unspecified atom stereocenters. The zero-order valence-electron chi connectivity index (χ0n) is 25.7. The number of rotatable bonds is 11. The molecule has 8 nitrogen and oxygen atoms in total. The maximum atomic E-state index is 14.5. The minimum atomic E-state index is -0.135. The van der Waals surface area contributed by atoms with E-state index >= 15 is 0 Å². The van der Waals surface area contributed by atoms with Gasteiger partial charge in [-0.25, -0.2) is 9.50 Å². The third-order valence-corrected chi connectivity index (χ3v) is 10.8. The summed E-state index contributed by atoms with van der Waals surface area (Å²) in [5, 5.41) is 4.99. The van der Waals surface area contributed by atoms with Crippen molar-refractivity contribution in [3.8, 4) is 0 Å². The number of amides is 1. The van der Waals surface area contributed by atoms with Gasteiger partial charge in [0.05, 0.1) is 17.7 Å². The van der Waals surface area contributed by atoms with Crippen LogP contribution in [0, 0.1) is 23.7 Å². The number of likely N-dealkylation sites (tertiary alicyclic amines) is 1. The van der Waals surface area contributed by atoms with E-state index in [4.69, 9.17) is 21.5 Å². The number of aryl methyl sites for hydroxylation is 1. The highest BCUT2D eigenvalue weighted by atomic mass is 16.2. The lowest BCUT2D eigenvalue weighted by Gasteiger charge is -2.41. The fraction of sp³-hybridized carbons (Fsp3) is 0.781. The van der Waals surface area contributed by atoms with Gasteiger partial charge in [-0.1, -0.05) is 53.4 Å². The van der Waals surface area contributed by atoms with Gasteiger partial charge in [-0.05, 0) is 62.7 Å². The van der Waals surface area contributed by atoms with E-state index in [2.05, 4.69) is 56.7 Å². The van der Waals surface area contributed by atoms with Gasteiger partial charge in [-0.2, -0.15) is 5.10 Å². The summed E-state index contributed by atoms with van der Waals surface area (Å²) in [6.07, 6.45) is 13.6. The molecule has 1 saturated carbocycles. The van der Waals surface area contributed by atoms with Crippen molar-refractivity contribution in [2.75, 3.05) is 24.5 Å². The molecule has 5 rings (SSSR count). The number of hydrogen-bond donors (Lipinski definition) is 2. The maximum absolute atomic E-state index is 14.5. The van der Waals surface area contributed by atoms with Crippen molar-refractivity contribution >= 4 is 17.4 Å². The summed E-state index contributed by atoms with van der Waals surface area (Å²) in [5.74, 6) is 1.11. The van der Waals surface area contributed by atoms with Gasteiger partial charge in [0.15, 0.2) is 5.65 Å². The van der Waals surface area contributed by atoms with Crippen LogP contribution in [-0.2, 0) is 4.79 Å². The molecule has 3 fully saturated rings. The maximum Gasteiger partial charge on any atom is 0.227 e. The van der Waals surface area contributed by atoms with Gasteiger partial charge in [0.25, 0.3) is 0 Å². The second-order valence-electron chi connectivity index (χ2n) is 13.4. The standard InChI is InChI=1S/C32H53N7O/c1-6-9-12-24(28(34)32(15-7-2)21-31(32,5)8-3)30(40)38-16-11-10-13-26(38)25-18-27-35-29(22(4)19-39(27)36-25)37-17-14-23(33)20-37/h18-19,23-24,26,28H,6-17,20-21,33-34H2,1-5H3. The van der Waals surface area contributed by atoms with E-state index < -0.39 is 0 Å². The minimum absolute atomic E-state index is 0.0258. The molecule has 6 atom stereocenters. The van der Waals surface area contributed by atoms with Gasteiger partial charge in [-0.15, -0.1) is 0 Å². The number of piperidine rings is 1. The Kier molecular flexibility index (Phi) is 8.49. The summed E-state index contributed by atoms with van der Waals surface area (Å²) in [5.41, 5.74) is 16.6. The number of fused-ring (bicyclic) bond motifs is 1. The Morgan fingerprint density at radius 3 is 2.62 bits per heavy atom. The number of nitrogens with zero attached hydrogens (tertiary/aromatic N) is 5. The van der Waals surface area contributed by atoms with Crippen molar-refractivity contribution in [2.24, 2.45) is 28.2 Å². The van der Waals surface area contributed by atoms with Gasteiger partial charge in [0.1, 0.15) is 5.82 Å². The molecule has 0 radical (unpaired) electrons. The van der Waals surface area contributed by atoms with E-state index in [0.29, 0.717) is 0 Å². The molecule has 1 amide bonds. The first-order valence-electron chi connectivity index (χ1n) is 16.1. The second kappa shape index (κ2) is 11.6. The quantitative estimate of drug-likeness (QED) is 0.389. The van der Waals surface area contributed by atoms with Crippen LogP contribution >= 0.6 is 0 Å². The highest BCUT2D eigenvalue weighted by Crippen LogP contribution is 2.70. The minimum Gasteiger partial charge on any atom is -0.355 e. The summed E-state index contributed by atoms with van der Waals surface area (Å²) in [6, 6.07) is 2.18. The van der Waals surface area contributed by atoms with Crippen molar-refractivity contribution in [3.05, 3.63) is 23.5 Å². The average molecular weight is 552 g/mol. The monoisotopic (exact) mass is 551 g/mol. The fourth-order valence-electron chi connectivity index (χ4n) is 8.12. The Bertz CT molecular complexity index is 1190. The van der Waals surface area contributed by atoms with Crippen molar-refractivity contribution in [2.45, 2.75) is 123 Å². The van der Waals surface area contributed by atoms with E-state index in [1.54, 1.807) is 0 Å². The SMILES string of the molecule is CCCCC(C(=O)N1CCCCC1c1cc2nc(N3CCC(N)C3)c(C)cn2n1)C(N)C1(CCC)CC1(C)CC. The largest absolute Gasteiger partial charge is 0.355 e. The Morgan fingerprint density at radius 2 is 1.98 bits per heavy atom. The molecular weight excluding hydrogens is 498 g/mol. The second-order valence-corrected chi connectivity index (χ2v) is 13.4. The molecular formula is C32H53N7O. The number of unbranched alkanes of at least 4 members (excludes halogenated alkanes) is 1. The molecule has 4 heterocycles. The molecule has 2 aliphatic heterocycles. The van der Waals surface area contributed by atoms with Crippen molar-refractivity contribution in [3.63, 3.8) is 0 Å². The predicted octanol–water partition coefficient (Wildman–Crippen LogP) is 5.37. The Labute approximate surface area is 241 Å². The van der Waals surface area contributed by atoms with E-state index in [1.807, 2.05) is 4.52 Å². The van der Waals surface area contributed by atoms with Gasteiger partial charge < -0.3 is 21.3 Å². The lowest BCUT2D eigenvalue weighted by atomic mass is 9.74. The van der Waals surface area contributed by atoms with Crippen LogP contribution < -0.4 is 16.4 Å². The molecule has 0 bridgehead atoms. The van der Waals surface area contributed by atoms with Gasteiger partial charge in [-0.3, -0.25) is 4.79 Å². The topological polar surface area (TPSA) is 106 Å². The van der Waals surface area contributed by atoms with Crippen molar-refractivity contribution in [1.82, 2.24) is 19.5 Å². The number of anilines is 1. The molecule has 2 saturated heterocycles. The number of carbonyl (C=O) groups excluding carboxylic acids is 1. The summed E-state index contributed by atoms with van der Waals surface area (Å²) in [6.45, 7) is 13.8. The van der Waals surface area contributed by atoms with Gasteiger partial charge in [0.2, 0.25) is 5.91 Å². The molecule has 2 aromatic rings. The van der Waals surface area contributed by atoms with Crippen LogP contribution in [-0.4, -0.2) is 57.1 Å². The normalized spacial score (nSPS) is 30.2. The molecule has 222 valence electrons. The smallest absolute Gasteiger partial charge is 0.227 e. The summed E-state index contributed by atoms with van der Waals surface area (Å²) >= 11 is 0. The molecule has 40 heavy (non-hydrogen) atoms. The van der Waals surface area contributed by atoms with Gasteiger partial charge in [0, 0.05) is 49.5 Å². The zero-order valence-corrected chi connectivity index (χ0v) is 25.7. The lowest BCUT2D eigenvalue weighted by Crippen LogP contribution is -2.51. The predicted molar refractivity (Wildman–Crippen MR) is 162 cm³/mol. The van der Waals surface area contributed by atoms with Crippen molar-refractivity contribution < 1.29 is 4.79 Å². The molecule has 8 heteroatoms. The van der Waals surface area contributed by atoms with E-state index in [-0.39, 0.29) is 40.8 Å². The van der Waals surface area contributed by atoms with Crippen LogP contribution in [0.2, 0.25) is 0 Å². The summed E-state index contributed by atoms with van der Waals surface area (Å²) in [4.78, 5) is 24.0. The first-order valence-corrected chi connectivity index (χ1v) is 16.1. The number of hydrogen-bond acceptors (Lipinski definition) is 6. The number of carbonyl (C=O) groups is 1. The number of aromatic nitrogens is 3. The first-order chi connectivity index (χ1) is 19.2. The number of nitrogens with two attached hydrogens (primary N) is 2. The zero-order chi connectivity index (χ0) is 28.7. The third kappa shape index (κ3) is 5.15. The molecule has 2 aromatic heterocycles.